The fourth-order valence-corrected chi connectivity index (χ4v) is 7.00. The van der Waals surface area contributed by atoms with E-state index >= 15 is 0 Å². The normalized spacial score (nSPS) is 15.3. The van der Waals surface area contributed by atoms with Gasteiger partial charge in [0.2, 0.25) is 0 Å². The third-order valence-corrected chi connectivity index (χ3v) is 12.4. The van der Waals surface area contributed by atoms with Crippen molar-refractivity contribution in [3.63, 3.8) is 0 Å². The van der Waals surface area contributed by atoms with Gasteiger partial charge in [-0.05, 0) is 23.0 Å². The first-order valence-electron chi connectivity index (χ1n) is 4.70. The maximum atomic E-state index is 5.98. The molecular formula is C9H23NS2. The predicted molar refractivity (Wildman–Crippen MR) is 67.9 cm³/mol. The van der Waals surface area contributed by atoms with Gasteiger partial charge in [0.15, 0.2) is 0 Å². The molecule has 0 spiro atoms. The van der Waals surface area contributed by atoms with E-state index in [-0.39, 0.29) is 0 Å². The first-order chi connectivity index (χ1) is 5.51. The van der Waals surface area contributed by atoms with Crippen LogP contribution in [0.1, 0.15) is 27.7 Å². The largest absolute Gasteiger partial charge is 0.294 e. The molecule has 0 aromatic heterocycles. The van der Waals surface area contributed by atoms with Gasteiger partial charge < -0.3 is 0 Å². The van der Waals surface area contributed by atoms with Crippen LogP contribution in [0.25, 0.3) is 0 Å². The van der Waals surface area contributed by atoms with Crippen molar-refractivity contribution in [1.82, 2.24) is 0 Å². The van der Waals surface area contributed by atoms with E-state index in [0.717, 1.165) is 4.32 Å². The van der Waals surface area contributed by atoms with Crippen LogP contribution in [0, 0.1) is 0 Å². The second-order valence-electron chi connectivity index (χ2n) is 3.30. The van der Waals surface area contributed by atoms with Gasteiger partial charge in [-0.3, -0.25) is 5.73 Å². The van der Waals surface area contributed by atoms with Crippen molar-refractivity contribution < 1.29 is 0 Å². The lowest BCUT2D eigenvalue weighted by atomic mass is 10.9. The van der Waals surface area contributed by atoms with Gasteiger partial charge in [0, 0.05) is 0 Å². The van der Waals surface area contributed by atoms with Gasteiger partial charge >= 0.3 is 0 Å². The molecule has 0 aliphatic heterocycles. The molecule has 0 aromatic rings. The Bertz CT molecular complexity index is 177. The van der Waals surface area contributed by atoms with Crippen molar-refractivity contribution in [2.45, 2.75) is 27.7 Å². The zero-order valence-electron chi connectivity index (χ0n) is 8.76. The van der Waals surface area contributed by atoms with Crippen molar-refractivity contribution in [3.05, 3.63) is 0 Å². The van der Waals surface area contributed by atoms with E-state index in [4.69, 9.17) is 5.73 Å². The summed E-state index contributed by atoms with van der Waals surface area (Å²) < 4.78 is 0.919. The lowest BCUT2D eigenvalue weighted by Gasteiger charge is -2.48. The number of nitrogens with two attached hydrogens (primary N) is 1. The maximum absolute atomic E-state index is 5.98. The minimum absolute atomic E-state index is 0.919. The van der Waals surface area contributed by atoms with E-state index in [1.165, 1.54) is 23.0 Å². The second kappa shape index (κ2) is 4.16. The summed E-state index contributed by atoms with van der Waals surface area (Å²) in [7, 11) is -1.47. The van der Waals surface area contributed by atoms with Crippen molar-refractivity contribution in [2.75, 3.05) is 23.0 Å². The number of hydrogen-bond donors (Lipinski definition) is 2. The molecule has 0 atom stereocenters. The molecule has 2 N–H and O–H groups in total. The van der Waals surface area contributed by atoms with Crippen LogP contribution >= 0.6 is 21.4 Å². The summed E-state index contributed by atoms with van der Waals surface area (Å²) in [5.41, 5.74) is 5.98. The van der Waals surface area contributed by atoms with Gasteiger partial charge in [0.1, 0.15) is 0 Å². The maximum Gasteiger partial charge on any atom is 0.0526 e. The van der Waals surface area contributed by atoms with E-state index in [9.17, 15) is 0 Å². The molecule has 0 saturated heterocycles. The Hall–Kier alpha value is 0.530. The number of thiol groups is 1. The smallest absolute Gasteiger partial charge is 0.0526 e. The molecule has 0 heterocycles. The van der Waals surface area contributed by atoms with E-state index in [1.54, 1.807) is 0 Å². The van der Waals surface area contributed by atoms with Gasteiger partial charge in [0.05, 0.1) is 4.32 Å². The Balaban J connectivity index is 5.48. The van der Waals surface area contributed by atoms with E-state index in [0.29, 0.717) is 0 Å². The van der Waals surface area contributed by atoms with Crippen LogP contribution in [-0.2, 0) is 0 Å². The monoisotopic (exact) mass is 209 g/mol. The molecule has 0 fully saturated rings. The summed E-state index contributed by atoms with van der Waals surface area (Å²) in [5.74, 6) is 4.76. The molecule has 0 unspecified atom stereocenters. The minimum Gasteiger partial charge on any atom is -0.294 e. The van der Waals surface area contributed by atoms with Gasteiger partial charge in [-0.25, -0.2) is 8.75 Å². The van der Waals surface area contributed by atoms with Crippen LogP contribution in [0.5, 0.6) is 0 Å². The molecular weight excluding hydrogens is 186 g/mol. The minimum atomic E-state index is -1.47. The molecule has 76 valence electrons. The van der Waals surface area contributed by atoms with Crippen molar-refractivity contribution in [3.8, 4) is 0 Å². The van der Waals surface area contributed by atoms with Gasteiger partial charge in [-0.15, -0.1) is 12.6 Å². The van der Waals surface area contributed by atoms with Gasteiger partial charge in [0.25, 0.3) is 0 Å². The van der Waals surface area contributed by atoms with E-state index < -0.39 is 8.75 Å². The van der Waals surface area contributed by atoms with Crippen LogP contribution in [-0.4, -0.2) is 27.3 Å². The Morgan fingerprint density at radius 2 is 1.25 bits per heavy atom. The van der Waals surface area contributed by atoms with Gasteiger partial charge in [-0.2, -0.15) is 0 Å². The Morgan fingerprint density at radius 1 is 1.00 bits per heavy atom. The number of hydrogen-bond acceptors (Lipinski definition) is 0. The average molecular weight is 209 g/mol. The standard InChI is InChI=1S/C9H23NS2/c1-5-12(6-2,7-3,8-4)9(10)11/h11H,5-8,10H2,1-4H3. The summed E-state index contributed by atoms with van der Waals surface area (Å²) in [4.78, 5) is 0. The lowest BCUT2D eigenvalue weighted by molar-refractivity contribution is 1.28. The summed E-state index contributed by atoms with van der Waals surface area (Å²) in [5, 5.41) is 0. The summed E-state index contributed by atoms with van der Waals surface area (Å²) in [6, 6.07) is 0. The summed E-state index contributed by atoms with van der Waals surface area (Å²) >= 11 is 4.43. The highest BCUT2D eigenvalue weighted by Crippen LogP contribution is 2.58. The van der Waals surface area contributed by atoms with Crippen LogP contribution < -0.4 is 5.73 Å². The SMILES string of the molecule is CCS(CC)(CC)(CC)=C(N)S. The second-order valence-corrected chi connectivity index (χ2v) is 10.4. The van der Waals surface area contributed by atoms with Crippen molar-refractivity contribution >= 4 is 25.7 Å². The Morgan fingerprint density at radius 3 is 1.25 bits per heavy atom. The van der Waals surface area contributed by atoms with E-state index in [2.05, 4.69) is 40.3 Å². The molecule has 0 saturated carbocycles. The van der Waals surface area contributed by atoms with Crippen molar-refractivity contribution in [2.24, 2.45) is 5.73 Å². The molecule has 0 rings (SSSR count). The molecule has 12 heavy (non-hydrogen) atoms. The Kier molecular flexibility index (Phi) is 4.34. The molecule has 0 aliphatic carbocycles. The third kappa shape index (κ3) is 1.59. The molecule has 0 aliphatic rings. The zero-order chi connectivity index (χ0) is 9.85. The quantitative estimate of drug-likeness (QED) is 0.540. The first kappa shape index (κ1) is 12.5. The van der Waals surface area contributed by atoms with E-state index in [1.807, 2.05) is 0 Å². The first-order valence-corrected chi connectivity index (χ1v) is 7.86. The van der Waals surface area contributed by atoms with Crippen LogP contribution in [0.4, 0.5) is 0 Å². The zero-order valence-corrected chi connectivity index (χ0v) is 10.5. The molecule has 0 radical (unpaired) electrons. The highest BCUT2D eigenvalue weighted by Gasteiger charge is 2.28. The average Bonchev–Trinajstić information content (AvgIpc) is 2.10. The summed E-state index contributed by atoms with van der Waals surface area (Å²) in [6.07, 6.45) is 0. The molecule has 0 amide bonds. The third-order valence-electron chi connectivity index (χ3n) is 3.62. The fraction of sp³-hybridized carbons (Fsp3) is 0.889. The van der Waals surface area contributed by atoms with Crippen LogP contribution in [0.15, 0.2) is 0 Å². The highest BCUT2D eigenvalue weighted by atomic mass is 32.3. The fourth-order valence-electron chi connectivity index (χ4n) is 1.82. The highest BCUT2D eigenvalue weighted by molar-refractivity contribution is 8.53. The molecule has 0 bridgehead atoms. The molecule has 0 aromatic carbocycles. The molecule has 1 nitrogen and oxygen atoms in total. The Labute approximate surface area is 82.4 Å². The van der Waals surface area contributed by atoms with Crippen molar-refractivity contribution in [1.29, 1.82) is 0 Å². The number of rotatable bonds is 4. The molecule has 3 heteroatoms. The lowest BCUT2D eigenvalue weighted by Crippen LogP contribution is -2.29. The summed E-state index contributed by atoms with van der Waals surface area (Å²) in [6.45, 7) is 9.01. The van der Waals surface area contributed by atoms with Crippen LogP contribution in [0.2, 0.25) is 0 Å². The predicted octanol–water partition coefficient (Wildman–Crippen LogP) is 2.38. The van der Waals surface area contributed by atoms with Gasteiger partial charge in [-0.1, -0.05) is 27.7 Å². The topological polar surface area (TPSA) is 26.0 Å². The van der Waals surface area contributed by atoms with Crippen LogP contribution in [0.3, 0.4) is 0 Å².